The van der Waals surface area contributed by atoms with E-state index in [1.54, 1.807) is 31.2 Å². The van der Waals surface area contributed by atoms with E-state index in [1.165, 1.54) is 17.0 Å². The maximum absolute atomic E-state index is 13.0. The first-order valence-corrected chi connectivity index (χ1v) is 10.2. The van der Waals surface area contributed by atoms with Crippen LogP contribution in [-0.4, -0.2) is 32.3 Å². The SMILES string of the molecule is C#CCN(Cc1ccc(F)cc1)C(=O)CCNS(=O)(=O)c1cc(C)ccc1C. The third-order valence-corrected chi connectivity index (χ3v) is 5.79. The van der Waals surface area contributed by atoms with E-state index < -0.39 is 10.0 Å². The second-order valence-corrected chi connectivity index (χ2v) is 8.23. The van der Waals surface area contributed by atoms with Crippen molar-refractivity contribution in [2.75, 3.05) is 13.1 Å². The molecule has 1 N–H and O–H groups in total. The second-order valence-electron chi connectivity index (χ2n) is 6.50. The van der Waals surface area contributed by atoms with Crippen LogP contribution in [0.2, 0.25) is 0 Å². The van der Waals surface area contributed by atoms with Crippen molar-refractivity contribution < 1.29 is 17.6 Å². The zero-order valence-electron chi connectivity index (χ0n) is 15.9. The molecule has 2 rings (SSSR count). The summed E-state index contributed by atoms with van der Waals surface area (Å²) < 4.78 is 40.5. The summed E-state index contributed by atoms with van der Waals surface area (Å²) >= 11 is 0. The average Bonchev–Trinajstić information content (AvgIpc) is 2.64. The Labute approximate surface area is 165 Å². The predicted molar refractivity (Wildman–Crippen MR) is 106 cm³/mol. The largest absolute Gasteiger partial charge is 0.327 e. The minimum absolute atomic E-state index is 0.0348. The van der Waals surface area contributed by atoms with Gasteiger partial charge in [0.15, 0.2) is 0 Å². The standard InChI is InChI=1S/C21H23FN2O3S/c1-4-13-24(15-18-7-9-19(22)10-8-18)21(25)11-12-23-28(26,27)20-14-16(2)5-6-17(20)3/h1,5-10,14,23H,11-13,15H2,2-3H3. The molecule has 5 nitrogen and oxygen atoms in total. The van der Waals surface area contributed by atoms with Crippen LogP contribution < -0.4 is 4.72 Å². The molecule has 0 saturated carbocycles. The van der Waals surface area contributed by atoms with Gasteiger partial charge in [-0.05, 0) is 48.7 Å². The lowest BCUT2D eigenvalue weighted by molar-refractivity contribution is -0.131. The van der Waals surface area contributed by atoms with Crippen LogP contribution in [0.4, 0.5) is 4.39 Å². The van der Waals surface area contributed by atoms with Crippen LogP contribution in [0, 0.1) is 32.0 Å². The number of benzene rings is 2. The van der Waals surface area contributed by atoms with Crippen molar-refractivity contribution in [3.05, 3.63) is 65.0 Å². The quantitative estimate of drug-likeness (QED) is 0.691. The highest BCUT2D eigenvalue weighted by Crippen LogP contribution is 2.16. The summed E-state index contributed by atoms with van der Waals surface area (Å²) in [5.74, 6) is 1.77. The average molecular weight is 402 g/mol. The van der Waals surface area contributed by atoms with E-state index >= 15 is 0 Å². The fourth-order valence-electron chi connectivity index (χ4n) is 2.68. The van der Waals surface area contributed by atoms with Gasteiger partial charge >= 0.3 is 0 Å². The Hall–Kier alpha value is -2.69. The monoisotopic (exact) mass is 402 g/mol. The topological polar surface area (TPSA) is 66.5 Å². The number of carbonyl (C=O) groups is 1. The molecular weight excluding hydrogens is 379 g/mol. The van der Waals surface area contributed by atoms with Crippen molar-refractivity contribution >= 4 is 15.9 Å². The van der Waals surface area contributed by atoms with Gasteiger partial charge in [-0.15, -0.1) is 6.42 Å². The Bertz CT molecular complexity index is 980. The molecule has 0 aliphatic carbocycles. The van der Waals surface area contributed by atoms with Gasteiger partial charge in [0.1, 0.15) is 5.82 Å². The van der Waals surface area contributed by atoms with Crippen LogP contribution in [0.1, 0.15) is 23.1 Å². The second kappa shape index (κ2) is 9.49. The van der Waals surface area contributed by atoms with Gasteiger partial charge in [0, 0.05) is 19.5 Å². The van der Waals surface area contributed by atoms with Gasteiger partial charge in [-0.2, -0.15) is 0 Å². The summed E-state index contributed by atoms with van der Waals surface area (Å²) in [6, 6.07) is 11.0. The van der Waals surface area contributed by atoms with E-state index in [0.29, 0.717) is 5.56 Å². The van der Waals surface area contributed by atoms with Crippen LogP contribution in [-0.2, 0) is 21.4 Å². The molecule has 0 heterocycles. The molecule has 0 unspecified atom stereocenters. The van der Waals surface area contributed by atoms with Crippen molar-refractivity contribution in [2.45, 2.75) is 31.7 Å². The lowest BCUT2D eigenvalue weighted by Crippen LogP contribution is -2.34. The Morgan fingerprint density at radius 2 is 1.86 bits per heavy atom. The predicted octanol–water partition coefficient (Wildman–Crippen LogP) is 2.77. The normalized spacial score (nSPS) is 11.1. The van der Waals surface area contributed by atoms with Gasteiger partial charge < -0.3 is 4.90 Å². The fraction of sp³-hybridized carbons (Fsp3) is 0.286. The molecule has 0 saturated heterocycles. The highest BCUT2D eigenvalue weighted by Gasteiger charge is 2.18. The number of aryl methyl sites for hydroxylation is 2. The van der Waals surface area contributed by atoms with E-state index in [4.69, 9.17) is 6.42 Å². The molecule has 0 fully saturated rings. The molecule has 0 bridgehead atoms. The Kier molecular flexibility index (Phi) is 7.32. The first kappa shape index (κ1) is 21.6. The summed E-state index contributed by atoms with van der Waals surface area (Å²) in [6.07, 6.45) is 5.30. The molecule has 148 valence electrons. The third kappa shape index (κ3) is 5.91. The van der Waals surface area contributed by atoms with Crippen LogP contribution in [0.5, 0.6) is 0 Å². The van der Waals surface area contributed by atoms with Crippen LogP contribution >= 0.6 is 0 Å². The number of terminal acetylenes is 1. The zero-order valence-corrected chi connectivity index (χ0v) is 16.7. The molecule has 0 spiro atoms. The molecular formula is C21H23FN2O3S. The molecule has 1 amide bonds. The Morgan fingerprint density at radius 1 is 1.18 bits per heavy atom. The number of nitrogens with zero attached hydrogens (tertiary/aromatic N) is 1. The smallest absolute Gasteiger partial charge is 0.240 e. The number of halogens is 1. The number of carbonyl (C=O) groups excluding carboxylic acids is 1. The number of amides is 1. The Morgan fingerprint density at radius 3 is 2.50 bits per heavy atom. The zero-order chi connectivity index (χ0) is 20.7. The fourth-order valence-corrected chi connectivity index (χ4v) is 4.04. The lowest BCUT2D eigenvalue weighted by Gasteiger charge is -2.20. The van der Waals surface area contributed by atoms with Crippen molar-refractivity contribution in [1.29, 1.82) is 0 Å². The van der Waals surface area contributed by atoms with Gasteiger partial charge in [0.05, 0.1) is 11.4 Å². The van der Waals surface area contributed by atoms with Crippen molar-refractivity contribution in [2.24, 2.45) is 0 Å². The first-order valence-electron chi connectivity index (χ1n) is 8.75. The summed E-state index contributed by atoms with van der Waals surface area (Å²) in [7, 11) is -3.71. The van der Waals surface area contributed by atoms with E-state index in [9.17, 15) is 17.6 Å². The highest BCUT2D eigenvalue weighted by atomic mass is 32.2. The minimum atomic E-state index is -3.71. The van der Waals surface area contributed by atoms with Gasteiger partial charge in [-0.1, -0.05) is 30.2 Å². The molecule has 0 aliphatic heterocycles. The van der Waals surface area contributed by atoms with Crippen molar-refractivity contribution in [3.8, 4) is 12.3 Å². The van der Waals surface area contributed by atoms with Crippen LogP contribution in [0.3, 0.4) is 0 Å². The van der Waals surface area contributed by atoms with Gasteiger partial charge in [0.25, 0.3) is 0 Å². The Balaban J connectivity index is 1.99. The molecule has 2 aromatic rings. The van der Waals surface area contributed by atoms with Crippen molar-refractivity contribution in [1.82, 2.24) is 9.62 Å². The van der Waals surface area contributed by atoms with E-state index in [2.05, 4.69) is 10.6 Å². The number of sulfonamides is 1. The van der Waals surface area contributed by atoms with Crippen molar-refractivity contribution in [3.63, 3.8) is 0 Å². The van der Waals surface area contributed by atoms with E-state index in [-0.39, 0.29) is 42.7 Å². The highest BCUT2D eigenvalue weighted by molar-refractivity contribution is 7.89. The minimum Gasteiger partial charge on any atom is -0.327 e. The number of nitrogens with one attached hydrogen (secondary N) is 1. The van der Waals surface area contributed by atoms with Gasteiger partial charge in [-0.25, -0.2) is 17.5 Å². The van der Waals surface area contributed by atoms with Gasteiger partial charge in [-0.3, -0.25) is 4.79 Å². The molecule has 0 radical (unpaired) electrons. The molecule has 0 atom stereocenters. The summed E-state index contributed by atoms with van der Waals surface area (Å²) in [5.41, 5.74) is 2.21. The first-order chi connectivity index (χ1) is 13.2. The molecule has 7 heteroatoms. The third-order valence-electron chi connectivity index (χ3n) is 4.19. The maximum Gasteiger partial charge on any atom is 0.240 e. The van der Waals surface area contributed by atoms with Crippen LogP contribution in [0.25, 0.3) is 0 Å². The summed E-state index contributed by atoms with van der Waals surface area (Å²) in [5, 5.41) is 0. The van der Waals surface area contributed by atoms with Gasteiger partial charge in [0.2, 0.25) is 15.9 Å². The van der Waals surface area contributed by atoms with E-state index in [1.807, 2.05) is 13.0 Å². The molecule has 2 aromatic carbocycles. The number of rotatable bonds is 8. The summed E-state index contributed by atoms with van der Waals surface area (Å²) in [4.78, 5) is 14.1. The van der Waals surface area contributed by atoms with Crippen LogP contribution in [0.15, 0.2) is 47.4 Å². The summed E-state index contributed by atoms with van der Waals surface area (Å²) in [6.45, 7) is 3.80. The molecule has 0 aromatic heterocycles. The lowest BCUT2D eigenvalue weighted by atomic mass is 10.2. The van der Waals surface area contributed by atoms with E-state index in [0.717, 1.165) is 11.1 Å². The molecule has 0 aliphatic rings. The number of hydrogen-bond acceptors (Lipinski definition) is 3. The molecule has 28 heavy (non-hydrogen) atoms. The number of hydrogen-bond donors (Lipinski definition) is 1. The maximum atomic E-state index is 13.0.